The summed E-state index contributed by atoms with van der Waals surface area (Å²) in [5, 5.41) is 10.9. The second-order valence-corrected chi connectivity index (χ2v) is 8.69. The minimum absolute atomic E-state index is 0.0262. The molecule has 35 heavy (non-hydrogen) atoms. The molecular weight excluding hydrogens is 469 g/mol. The summed E-state index contributed by atoms with van der Waals surface area (Å²) in [5.41, 5.74) is 2.33. The van der Waals surface area contributed by atoms with Crippen LogP contribution in [0.5, 0.6) is 11.5 Å². The van der Waals surface area contributed by atoms with E-state index in [0.29, 0.717) is 28.2 Å². The van der Waals surface area contributed by atoms with Gasteiger partial charge < -0.3 is 20.6 Å². The number of nitrogens with two attached hydrogens (primary N) is 1. The van der Waals surface area contributed by atoms with Crippen LogP contribution in [0.25, 0.3) is 0 Å². The van der Waals surface area contributed by atoms with Gasteiger partial charge in [0.05, 0.1) is 12.8 Å². The summed E-state index contributed by atoms with van der Waals surface area (Å²) in [6.07, 6.45) is 0. The van der Waals surface area contributed by atoms with E-state index in [1.165, 1.54) is 28.9 Å². The summed E-state index contributed by atoms with van der Waals surface area (Å²) in [7, 11) is 1.55. The van der Waals surface area contributed by atoms with Crippen LogP contribution in [0.15, 0.2) is 78.0 Å². The number of thioether (sulfide) groups is 1. The van der Waals surface area contributed by atoms with Crippen molar-refractivity contribution >= 4 is 23.4 Å². The molecule has 1 atom stereocenters. The third kappa shape index (κ3) is 5.90. The van der Waals surface area contributed by atoms with Gasteiger partial charge in [0, 0.05) is 0 Å². The summed E-state index contributed by atoms with van der Waals surface area (Å²) in [4.78, 5) is 13.4. The van der Waals surface area contributed by atoms with Crippen LogP contribution in [0, 0.1) is 12.7 Å². The van der Waals surface area contributed by atoms with E-state index in [1.807, 2.05) is 49.4 Å². The zero-order valence-corrected chi connectivity index (χ0v) is 20.0. The third-order valence-electron chi connectivity index (χ3n) is 5.09. The van der Waals surface area contributed by atoms with Crippen LogP contribution in [0.1, 0.15) is 22.2 Å². The number of nitrogen functional groups attached to an aromatic ring is 1. The molecule has 0 aliphatic rings. The number of nitrogens with one attached hydrogen (secondary N) is 1. The Hall–Kier alpha value is -4.05. The summed E-state index contributed by atoms with van der Waals surface area (Å²) >= 11 is 1.16. The summed E-state index contributed by atoms with van der Waals surface area (Å²) in [6, 6.07) is 20.5. The number of methoxy groups -OCH3 is 1. The minimum Gasteiger partial charge on any atom is -0.495 e. The van der Waals surface area contributed by atoms with Crippen molar-refractivity contribution in [3.63, 3.8) is 0 Å². The summed E-state index contributed by atoms with van der Waals surface area (Å²) in [6.45, 7) is 1.96. The Labute approximate surface area is 206 Å². The predicted molar refractivity (Wildman–Crippen MR) is 132 cm³/mol. The highest BCUT2D eigenvalue weighted by molar-refractivity contribution is 8.00. The van der Waals surface area contributed by atoms with E-state index in [2.05, 4.69) is 15.5 Å². The second-order valence-electron chi connectivity index (χ2n) is 7.61. The molecule has 4 rings (SSSR count). The molecule has 3 N–H and O–H groups in total. The summed E-state index contributed by atoms with van der Waals surface area (Å²) < 4.78 is 25.4. The van der Waals surface area contributed by atoms with E-state index in [1.54, 1.807) is 13.2 Å². The van der Waals surface area contributed by atoms with E-state index in [0.717, 1.165) is 22.9 Å². The molecular formula is C25H24FN5O3S. The second kappa shape index (κ2) is 10.9. The Kier molecular flexibility index (Phi) is 7.51. The first kappa shape index (κ1) is 24.1. The molecule has 1 amide bonds. The minimum atomic E-state index is -0.668. The number of hydrogen-bond donors (Lipinski definition) is 2. The lowest BCUT2D eigenvalue weighted by Crippen LogP contribution is -2.21. The number of nitrogens with zero attached hydrogens (tertiary/aromatic N) is 3. The highest BCUT2D eigenvalue weighted by Gasteiger charge is 2.26. The zero-order chi connectivity index (χ0) is 24.8. The first-order valence-electron chi connectivity index (χ1n) is 10.7. The Morgan fingerprint density at radius 2 is 1.86 bits per heavy atom. The van der Waals surface area contributed by atoms with Gasteiger partial charge in [-0.25, -0.2) is 9.07 Å². The van der Waals surface area contributed by atoms with Gasteiger partial charge in [-0.2, -0.15) is 0 Å². The van der Waals surface area contributed by atoms with Crippen molar-refractivity contribution in [3.05, 3.63) is 95.6 Å². The number of halogens is 1. The van der Waals surface area contributed by atoms with Gasteiger partial charge in [0.1, 0.15) is 29.2 Å². The maximum Gasteiger partial charge on any atom is 0.242 e. The standard InChI is InChI=1S/C25H24FN5O3S/c1-16-8-13-21(33-2)20(14-16)28-24(32)23(17-6-4-3-5-7-17)35-25-30-29-22(31(25)27)15-34-19-11-9-18(26)10-12-19/h3-14,23H,15,27H2,1-2H3,(H,28,32). The molecule has 0 bridgehead atoms. The molecule has 0 spiro atoms. The van der Waals surface area contributed by atoms with Crippen LogP contribution in [0.4, 0.5) is 10.1 Å². The van der Waals surface area contributed by atoms with Crippen molar-refractivity contribution in [3.8, 4) is 11.5 Å². The maximum absolute atomic E-state index is 13.4. The van der Waals surface area contributed by atoms with Crippen LogP contribution in [0.2, 0.25) is 0 Å². The molecule has 1 aromatic heterocycles. The Bertz CT molecular complexity index is 1300. The van der Waals surface area contributed by atoms with Crippen LogP contribution in [-0.4, -0.2) is 27.9 Å². The van der Waals surface area contributed by atoms with Crippen LogP contribution in [-0.2, 0) is 11.4 Å². The number of anilines is 1. The summed E-state index contributed by atoms with van der Waals surface area (Å²) in [5.74, 6) is 6.97. The van der Waals surface area contributed by atoms with Gasteiger partial charge in [-0.05, 0) is 54.4 Å². The molecule has 1 unspecified atom stereocenters. The Morgan fingerprint density at radius 3 is 2.57 bits per heavy atom. The van der Waals surface area contributed by atoms with Crippen molar-refractivity contribution in [1.29, 1.82) is 0 Å². The van der Waals surface area contributed by atoms with Crippen molar-refractivity contribution in [1.82, 2.24) is 14.9 Å². The Balaban J connectivity index is 1.54. The number of rotatable bonds is 9. The molecule has 0 aliphatic carbocycles. The molecule has 0 fully saturated rings. The fraction of sp³-hybridized carbons (Fsp3) is 0.160. The van der Waals surface area contributed by atoms with Gasteiger partial charge in [0.2, 0.25) is 11.1 Å². The lowest BCUT2D eigenvalue weighted by molar-refractivity contribution is -0.115. The van der Waals surface area contributed by atoms with E-state index < -0.39 is 5.25 Å². The molecule has 1 heterocycles. The smallest absolute Gasteiger partial charge is 0.242 e. The van der Waals surface area contributed by atoms with Crippen LogP contribution < -0.4 is 20.6 Å². The number of carbonyl (C=O) groups excluding carboxylic acids is 1. The normalized spacial score (nSPS) is 11.6. The van der Waals surface area contributed by atoms with Crippen LogP contribution in [0.3, 0.4) is 0 Å². The van der Waals surface area contributed by atoms with Gasteiger partial charge in [-0.1, -0.05) is 48.2 Å². The highest BCUT2D eigenvalue weighted by atomic mass is 32.2. The van der Waals surface area contributed by atoms with E-state index >= 15 is 0 Å². The number of amides is 1. The zero-order valence-electron chi connectivity index (χ0n) is 19.1. The number of ether oxygens (including phenoxy) is 2. The molecule has 3 aromatic carbocycles. The van der Waals surface area contributed by atoms with Crippen molar-refractivity contribution in [2.45, 2.75) is 23.9 Å². The average molecular weight is 494 g/mol. The van der Waals surface area contributed by atoms with Crippen molar-refractivity contribution in [2.24, 2.45) is 0 Å². The number of aromatic nitrogens is 3. The van der Waals surface area contributed by atoms with Crippen molar-refractivity contribution in [2.75, 3.05) is 18.3 Å². The van der Waals surface area contributed by atoms with Gasteiger partial charge in [0.15, 0.2) is 5.82 Å². The predicted octanol–water partition coefficient (Wildman–Crippen LogP) is 4.50. The van der Waals surface area contributed by atoms with Gasteiger partial charge >= 0.3 is 0 Å². The fourth-order valence-corrected chi connectivity index (χ4v) is 4.27. The quantitative estimate of drug-likeness (QED) is 0.261. The topological polar surface area (TPSA) is 104 Å². The first-order valence-corrected chi connectivity index (χ1v) is 11.6. The monoisotopic (exact) mass is 493 g/mol. The third-order valence-corrected chi connectivity index (χ3v) is 6.30. The number of benzene rings is 3. The van der Waals surface area contributed by atoms with Crippen molar-refractivity contribution < 1.29 is 18.7 Å². The first-order chi connectivity index (χ1) is 16.9. The lowest BCUT2D eigenvalue weighted by atomic mass is 10.1. The largest absolute Gasteiger partial charge is 0.495 e. The highest BCUT2D eigenvalue weighted by Crippen LogP contribution is 2.36. The van der Waals surface area contributed by atoms with Gasteiger partial charge in [-0.3, -0.25) is 4.79 Å². The molecule has 0 saturated heterocycles. The van der Waals surface area contributed by atoms with Gasteiger partial charge in [-0.15, -0.1) is 10.2 Å². The average Bonchev–Trinajstić information content (AvgIpc) is 3.21. The Morgan fingerprint density at radius 1 is 1.11 bits per heavy atom. The molecule has 8 nitrogen and oxygen atoms in total. The number of hydrogen-bond acceptors (Lipinski definition) is 7. The fourth-order valence-electron chi connectivity index (χ4n) is 3.29. The van der Waals surface area contributed by atoms with E-state index in [-0.39, 0.29) is 18.3 Å². The number of aryl methyl sites for hydroxylation is 1. The maximum atomic E-state index is 13.4. The molecule has 4 aromatic rings. The van der Waals surface area contributed by atoms with Gasteiger partial charge in [0.25, 0.3) is 0 Å². The molecule has 0 radical (unpaired) electrons. The number of carbonyl (C=O) groups is 1. The SMILES string of the molecule is COc1ccc(C)cc1NC(=O)C(Sc1nnc(COc2ccc(F)cc2)n1N)c1ccccc1. The van der Waals surface area contributed by atoms with E-state index in [9.17, 15) is 9.18 Å². The van der Waals surface area contributed by atoms with Crippen LogP contribution >= 0.6 is 11.8 Å². The molecule has 0 aliphatic heterocycles. The lowest BCUT2D eigenvalue weighted by Gasteiger charge is -2.18. The molecule has 180 valence electrons. The molecule has 0 saturated carbocycles. The molecule has 10 heteroatoms. The van der Waals surface area contributed by atoms with E-state index in [4.69, 9.17) is 15.3 Å².